The van der Waals surface area contributed by atoms with Crippen LogP contribution in [0.3, 0.4) is 0 Å². The maximum atomic E-state index is 12.7. The van der Waals surface area contributed by atoms with E-state index in [4.69, 9.17) is 21.6 Å². The number of hydrogen-bond donors (Lipinski definition) is 1. The molecule has 7 heteroatoms. The molecule has 0 bridgehead atoms. The fourth-order valence-corrected chi connectivity index (χ4v) is 4.72. The first-order chi connectivity index (χ1) is 14.5. The summed E-state index contributed by atoms with van der Waals surface area (Å²) >= 11 is 7.75. The van der Waals surface area contributed by atoms with Gasteiger partial charge in [0.15, 0.2) is 5.66 Å². The fraction of sp³-hybridized carbons (Fsp3) is 0.348. The summed E-state index contributed by atoms with van der Waals surface area (Å²) in [5.41, 5.74) is 3.57. The zero-order valence-electron chi connectivity index (χ0n) is 17.2. The molecule has 2 aliphatic heterocycles. The van der Waals surface area contributed by atoms with Crippen molar-refractivity contribution in [3.8, 4) is 0 Å². The highest BCUT2D eigenvalue weighted by atomic mass is 35.5. The van der Waals surface area contributed by atoms with Crippen molar-refractivity contribution in [1.82, 2.24) is 4.90 Å². The zero-order chi connectivity index (χ0) is 21.1. The van der Waals surface area contributed by atoms with Gasteiger partial charge >= 0.3 is 6.03 Å². The first-order valence-electron chi connectivity index (χ1n) is 10.2. The van der Waals surface area contributed by atoms with Crippen LogP contribution in [0.2, 0.25) is 5.02 Å². The third kappa shape index (κ3) is 4.55. The highest BCUT2D eigenvalue weighted by molar-refractivity contribution is 8.15. The molecule has 156 valence electrons. The van der Waals surface area contributed by atoms with Crippen LogP contribution < -0.4 is 5.32 Å². The first-order valence-corrected chi connectivity index (χ1v) is 11.6. The maximum absolute atomic E-state index is 12.7. The highest BCUT2D eigenvalue weighted by Gasteiger charge is 2.40. The summed E-state index contributed by atoms with van der Waals surface area (Å²) in [6, 6.07) is 15.5. The van der Waals surface area contributed by atoms with E-state index in [1.54, 1.807) is 23.9 Å². The predicted octanol–water partition coefficient (Wildman–Crippen LogP) is 5.63. The molecule has 1 N–H and O–H groups in total. The topological polar surface area (TPSA) is 57.1 Å². The number of nitrogens with one attached hydrogen (secondary N) is 1. The minimum Gasteiger partial charge on any atom is -0.324 e. The predicted molar refractivity (Wildman–Crippen MR) is 127 cm³/mol. The third-order valence-corrected chi connectivity index (χ3v) is 6.45. The normalized spacial score (nSPS) is 17.6. The van der Waals surface area contributed by atoms with Crippen LogP contribution in [0.5, 0.6) is 0 Å². The number of halogens is 1. The Balaban J connectivity index is 1.47. The number of aliphatic imine (C=N–C) groups is 2. The van der Waals surface area contributed by atoms with E-state index in [1.807, 2.05) is 17.0 Å². The lowest BCUT2D eigenvalue weighted by molar-refractivity contribution is 0.175. The van der Waals surface area contributed by atoms with Crippen LogP contribution in [-0.2, 0) is 0 Å². The summed E-state index contributed by atoms with van der Waals surface area (Å²) < 4.78 is 0. The van der Waals surface area contributed by atoms with Gasteiger partial charge in [-0.3, -0.25) is 4.99 Å². The Morgan fingerprint density at radius 1 is 1.17 bits per heavy atom. The van der Waals surface area contributed by atoms with Crippen LogP contribution in [0, 0.1) is 6.92 Å². The number of thioether (sulfide) groups is 1. The van der Waals surface area contributed by atoms with Gasteiger partial charge in [0.1, 0.15) is 5.04 Å². The average molecular weight is 441 g/mol. The van der Waals surface area contributed by atoms with Crippen molar-refractivity contribution in [2.45, 2.75) is 32.4 Å². The van der Waals surface area contributed by atoms with E-state index in [9.17, 15) is 4.79 Å². The number of amides is 2. The molecule has 2 heterocycles. The number of carbonyl (C=O) groups is 1. The first kappa shape index (κ1) is 20.9. The van der Waals surface area contributed by atoms with Crippen LogP contribution in [0.4, 0.5) is 10.5 Å². The number of urea groups is 1. The smallest absolute Gasteiger partial charge is 0.321 e. The minimum absolute atomic E-state index is 0.111. The van der Waals surface area contributed by atoms with Gasteiger partial charge in [-0.1, -0.05) is 54.4 Å². The summed E-state index contributed by atoms with van der Waals surface area (Å²) in [5.74, 6) is 0.952. The van der Waals surface area contributed by atoms with Crippen LogP contribution >= 0.6 is 23.4 Å². The van der Waals surface area contributed by atoms with Gasteiger partial charge in [-0.05, 0) is 30.9 Å². The summed E-state index contributed by atoms with van der Waals surface area (Å²) in [6.07, 6.45) is 1.44. The Morgan fingerprint density at radius 2 is 1.90 bits per heavy atom. The van der Waals surface area contributed by atoms with E-state index in [-0.39, 0.29) is 6.03 Å². The molecule has 1 spiro atoms. The largest absolute Gasteiger partial charge is 0.324 e. The van der Waals surface area contributed by atoms with Crippen molar-refractivity contribution in [1.29, 1.82) is 0 Å². The Labute approximate surface area is 186 Å². The SMILES string of the molecule is CCSC1=NC2(CCN(C(=O)Nc3cccc(Cl)c3)CC2)N=C1c1ccc(C)cc1. The Kier molecular flexibility index (Phi) is 6.16. The van der Waals surface area contributed by atoms with Crippen molar-refractivity contribution >= 4 is 45.8 Å². The molecule has 0 aliphatic carbocycles. The van der Waals surface area contributed by atoms with Gasteiger partial charge in [0, 0.05) is 42.2 Å². The fourth-order valence-electron chi connectivity index (χ4n) is 3.72. The van der Waals surface area contributed by atoms with Gasteiger partial charge in [-0.15, -0.1) is 11.8 Å². The van der Waals surface area contributed by atoms with Gasteiger partial charge in [-0.25, -0.2) is 9.79 Å². The van der Waals surface area contributed by atoms with E-state index in [2.05, 4.69) is 43.4 Å². The van der Waals surface area contributed by atoms with Crippen molar-refractivity contribution in [2.24, 2.45) is 9.98 Å². The molecule has 0 aromatic heterocycles. The molecule has 5 nitrogen and oxygen atoms in total. The van der Waals surface area contributed by atoms with Gasteiger partial charge in [0.2, 0.25) is 0 Å². The summed E-state index contributed by atoms with van der Waals surface area (Å²) in [5, 5.41) is 4.54. The molecule has 2 amide bonds. The molecule has 4 rings (SSSR count). The number of likely N-dealkylation sites (tertiary alicyclic amines) is 1. The number of benzene rings is 2. The standard InChI is InChI=1S/C23H25ClN4OS/c1-3-30-21-20(17-9-7-16(2)8-10-17)26-23(27-21)11-13-28(14-12-23)22(29)25-19-6-4-5-18(24)15-19/h4-10,15H,3,11-14H2,1-2H3,(H,25,29). The Bertz CT molecular complexity index is 995. The number of nitrogens with zero attached hydrogens (tertiary/aromatic N) is 3. The quantitative estimate of drug-likeness (QED) is 0.672. The van der Waals surface area contributed by atoms with E-state index in [0.717, 1.165) is 34.9 Å². The van der Waals surface area contributed by atoms with E-state index < -0.39 is 5.66 Å². The van der Waals surface area contributed by atoms with Crippen molar-refractivity contribution in [3.05, 3.63) is 64.7 Å². The molecule has 0 atom stereocenters. The molecule has 2 aliphatic rings. The molecular formula is C23H25ClN4OS. The second-order valence-electron chi connectivity index (χ2n) is 7.59. The Morgan fingerprint density at radius 3 is 2.57 bits per heavy atom. The van der Waals surface area contributed by atoms with E-state index in [1.165, 1.54) is 5.56 Å². The monoisotopic (exact) mass is 440 g/mol. The number of rotatable bonds is 3. The van der Waals surface area contributed by atoms with Crippen molar-refractivity contribution in [3.63, 3.8) is 0 Å². The van der Waals surface area contributed by atoms with Gasteiger partial charge in [0.05, 0.1) is 5.71 Å². The highest BCUT2D eigenvalue weighted by Crippen LogP contribution is 2.35. The summed E-state index contributed by atoms with van der Waals surface area (Å²) in [6.45, 7) is 5.45. The summed E-state index contributed by atoms with van der Waals surface area (Å²) in [7, 11) is 0. The van der Waals surface area contributed by atoms with Crippen molar-refractivity contribution < 1.29 is 4.79 Å². The number of carbonyl (C=O) groups excluding carboxylic acids is 1. The molecule has 2 aromatic rings. The second-order valence-corrected chi connectivity index (χ2v) is 9.28. The molecular weight excluding hydrogens is 416 g/mol. The van der Waals surface area contributed by atoms with Crippen molar-refractivity contribution in [2.75, 3.05) is 24.2 Å². The number of aryl methyl sites for hydroxylation is 1. The molecule has 0 saturated carbocycles. The van der Waals surface area contributed by atoms with Gasteiger partial charge in [0.25, 0.3) is 0 Å². The molecule has 0 radical (unpaired) electrons. The number of hydrogen-bond acceptors (Lipinski definition) is 4. The third-order valence-electron chi connectivity index (χ3n) is 5.37. The number of anilines is 1. The lowest BCUT2D eigenvalue weighted by atomic mass is 9.98. The molecule has 1 fully saturated rings. The van der Waals surface area contributed by atoms with Gasteiger partial charge < -0.3 is 10.2 Å². The molecule has 2 aromatic carbocycles. The molecule has 1 saturated heterocycles. The second kappa shape index (κ2) is 8.82. The zero-order valence-corrected chi connectivity index (χ0v) is 18.8. The maximum Gasteiger partial charge on any atom is 0.321 e. The van der Waals surface area contributed by atoms with Crippen LogP contribution in [0.25, 0.3) is 0 Å². The van der Waals surface area contributed by atoms with E-state index in [0.29, 0.717) is 23.8 Å². The lowest BCUT2D eigenvalue weighted by Gasteiger charge is -2.35. The average Bonchev–Trinajstić information content (AvgIpc) is 3.07. The Hall–Kier alpha value is -2.31. The number of piperidine rings is 1. The minimum atomic E-state index is -0.454. The molecule has 0 unspecified atom stereocenters. The van der Waals surface area contributed by atoms with Crippen LogP contribution in [0.15, 0.2) is 58.5 Å². The van der Waals surface area contributed by atoms with Crippen LogP contribution in [-0.4, -0.2) is 46.2 Å². The lowest BCUT2D eigenvalue weighted by Crippen LogP contribution is -2.46. The summed E-state index contributed by atoms with van der Waals surface area (Å²) in [4.78, 5) is 24.6. The van der Waals surface area contributed by atoms with Gasteiger partial charge in [-0.2, -0.15) is 0 Å². The van der Waals surface area contributed by atoms with Crippen LogP contribution in [0.1, 0.15) is 30.9 Å². The molecule has 30 heavy (non-hydrogen) atoms. The van der Waals surface area contributed by atoms with E-state index >= 15 is 0 Å².